The third-order valence-corrected chi connectivity index (χ3v) is 5.22. The van der Waals surface area contributed by atoms with Crippen LogP contribution in [0.2, 0.25) is 0 Å². The van der Waals surface area contributed by atoms with Crippen molar-refractivity contribution in [1.29, 1.82) is 0 Å². The average molecular weight is 415 g/mol. The van der Waals surface area contributed by atoms with E-state index in [1.165, 1.54) is 0 Å². The normalized spacial score (nSPS) is 11.1. The fraction of sp³-hybridized carbons (Fsp3) is 0.222. The summed E-state index contributed by atoms with van der Waals surface area (Å²) < 4.78 is 5.43. The number of ketones is 1. The second-order valence-electron chi connectivity index (χ2n) is 7.80. The predicted octanol–water partition coefficient (Wildman–Crippen LogP) is 5.26. The molecule has 0 amide bonds. The second-order valence-corrected chi connectivity index (χ2v) is 7.80. The zero-order chi connectivity index (χ0) is 22.2. The first-order chi connectivity index (χ1) is 15.0. The minimum absolute atomic E-state index is 0.0817. The van der Waals surface area contributed by atoms with Crippen molar-refractivity contribution in [1.82, 2.24) is 4.90 Å². The Bertz CT molecular complexity index is 1020. The summed E-state index contributed by atoms with van der Waals surface area (Å²) in [5.74, 6) is 0.494. The molecule has 0 aliphatic rings. The van der Waals surface area contributed by atoms with Gasteiger partial charge in [-0.3, -0.25) is 4.79 Å². The molecule has 4 heteroatoms. The molecular weight excluding hydrogens is 384 g/mol. The van der Waals surface area contributed by atoms with E-state index in [0.29, 0.717) is 11.3 Å². The summed E-state index contributed by atoms with van der Waals surface area (Å²) in [6.45, 7) is 1.95. The van der Waals surface area contributed by atoms with Crippen molar-refractivity contribution in [2.45, 2.75) is 0 Å². The number of nitrogens with zero attached hydrogens (tertiary/aromatic N) is 2. The highest BCUT2D eigenvalue weighted by molar-refractivity contribution is 6.09. The lowest BCUT2D eigenvalue weighted by Gasteiger charge is -2.21. The lowest BCUT2D eigenvalue weighted by molar-refractivity contribution is 0.104. The molecule has 31 heavy (non-hydrogen) atoms. The van der Waals surface area contributed by atoms with Crippen LogP contribution in [-0.4, -0.2) is 52.0 Å². The van der Waals surface area contributed by atoms with Gasteiger partial charge in [0, 0.05) is 25.8 Å². The van der Waals surface area contributed by atoms with E-state index < -0.39 is 0 Å². The molecule has 0 fully saturated rings. The molecule has 0 atom stereocenters. The summed E-state index contributed by atoms with van der Waals surface area (Å²) in [7, 11) is 7.82. The minimum atomic E-state index is -0.0817. The van der Waals surface area contributed by atoms with Crippen LogP contribution >= 0.6 is 0 Å². The quantitative estimate of drug-likeness (QED) is 0.353. The van der Waals surface area contributed by atoms with Gasteiger partial charge in [0.2, 0.25) is 0 Å². The Balaban J connectivity index is 1.75. The summed E-state index contributed by atoms with van der Waals surface area (Å²) in [5.41, 5.74) is 4.75. The van der Waals surface area contributed by atoms with Crippen LogP contribution in [0.1, 0.15) is 15.9 Å². The van der Waals surface area contributed by atoms with Gasteiger partial charge in [-0.2, -0.15) is 0 Å². The van der Waals surface area contributed by atoms with E-state index in [4.69, 9.17) is 4.74 Å². The molecule has 0 radical (unpaired) electrons. The van der Waals surface area contributed by atoms with Crippen LogP contribution in [0.15, 0.2) is 78.9 Å². The van der Waals surface area contributed by atoms with Gasteiger partial charge in [-0.05, 0) is 61.1 Å². The molecule has 0 saturated carbocycles. The van der Waals surface area contributed by atoms with Crippen molar-refractivity contribution >= 4 is 17.5 Å². The number of carbonyl (C=O) groups is 1. The highest BCUT2D eigenvalue weighted by Gasteiger charge is 2.11. The molecule has 3 aromatic rings. The maximum absolute atomic E-state index is 12.9. The van der Waals surface area contributed by atoms with E-state index in [2.05, 4.69) is 43.1 Å². The van der Waals surface area contributed by atoms with Crippen LogP contribution in [0.5, 0.6) is 5.75 Å². The standard InChI is InChI=1S/C27H30N2O2/c1-28(2)18-19-29(3)24-14-10-21(11-15-24)12-16-26(30)25-20-23(13-17-27(25)31-4)22-8-6-5-7-9-22/h5-17,20H,18-19H2,1-4H3. The molecule has 0 N–H and O–H groups in total. The van der Waals surface area contributed by atoms with Crippen LogP contribution in [0.3, 0.4) is 0 Å². The number of likely N-dealkylation sites (N-methyl/N-ethyl adjacent to an activating group) is 2. The first kappa shape index (κ1) is 22.3. The van der Waals surface area contributed by atoms with Crippen LogP contribution in [0.25, 0.3) is 17.2 Å². The van der Waals surface area contributed by atoms with Crippen molar-refractivity contribution in [3.63, 3.8) is 0 Å². The molecule has 0 aliphatic heterocycles. The number of rotatable bonds is 9. The molecule has 4 nitrogen and oxygen atoms in total. The largest absolute Gasteiger partial charge is 0.496 e. The van der Waals surface area contributed by atoms with Crippen molar-refractivity contribution < 1.29 is 9.53 Å². The molecule has 0 heterocycles. The summed E-state index contributed by atoms with van der Waals surface area (Å²) in [5, 5.41) is 0. The maximum atomic E-state index is 12.9. The summed E-state index contributed by atoms with van der Waals surface area (Å²) in [6.07, 6.45) is 3.46. The SMILES string of the molecule is COc1ccc(-c2ccccc2)cc1C(=O)C=Cc1ccc(N(C)CCN(C)C)cc1. The number of hydrogen-bond donors (Lipinski definition) is 0. The Morgan fingerprint density at radius 3 is 2.23 bits per heavy atom. The lowest BCUT2D eigenvalue weighted by Crippen LogP contribution is -2.28. The van der Waals surface area contributed by atoms with Crippen molar-refractivity contribution in [2.24, 2.45) is 0 Å². The van der Waals surface area contributed by atoms with Gasteiger partial charge in [0.15, 0.2) is 5.78 Å². The molecule has 160 valence electrons. The Labute approximate surface area is 185 Å². The van der Waals surface area contributed by atoms with Crippen molar-refractivity contribution in [3.05, 3.63) is 90.0 Å². The number of allylic oxidation sites excluding steroid dienone is 1. The summed E-state index contributed by atoms with van der Waals surface area (Å²) >= 11 is 0. The Kier molecular flexibility index (Phi) is 7.63. The van der Waals surface area contributed by atoms with Crippen LogP contribution in [0.4, 0.5) is 5.69 Å². The zero-order valence-electron chi connectivity index (χ0n) is 18.7. The fourth-order valence-corrected chi connectivity index (χ4v) is 3.29. The highest BCUT2D eigenvalue weighted by Crippen LogP contribution is 2.27. The van der Waals surface area contributed by atoms with Gasteiger partial charge < -0.3 is 14.5 Å². The smallest absolute Gasteiger partial charge is 0.189 e. The molecule has 0 unspecified atom stereocenters. The summed E-state index contributed by atoms with van der Waals surface area (Å²) in [6, 6.07) is 24.0. The van der Waals surface area contributed by atoms with Crippen molar-refractivity contribution in [3.8, 4) is 16.9 Å². The first-order valence-corrected chi connectivity index (χ1v) is 10.4. The fourth-order valence-electron chi connectivity index (χ4n) is 3.29. The molecule has 0 bridgehead atoms. The van der Waals surface area contributed by atoms with Crippen molar-refractivity contribution in [2.75, 3.05) is 46.2 Å². The molecule has 0 aliphatic carbocycles. The van der Waals surface area contributed by atoms with E-state index in [0.717, 1.165) is 35.5 Å². The van der Waals surface area contributed by atoms with E-state index in [1.54, 1.807) is 13.2 Å². The Morgan fingerprint density at radius 1 is 0.871 bits per heavy atom. The number of benzene rings is 3. The van der Waals surface area contributed by atoms with Crippen LogP contribution < -0.4 is 9.64 Å². The molecule has 0 aromatic heterocycles. The van der Waals surface area contributed by atoms with Crippen LogP contribution in [0, 0.1) is 0 Å². The zero-order valence-corrected chi connectivity index (χ0v) is 18.7. The maximum Gasteiger partial charge on any atom is 0.189 e. The van der Waals surface area contributed by atoms with Crippen LogP contribution in [-0.2, 0) is 0 Å². The average Bonchev–Trinajstić information content (AvgIpc) is 2.81. The lowest BCUT2D eigenvalue weighted by atomic mass is 10.00. The first-order valence-electron chi connectivity index (χ1n) is 10.4. The topological polar surface area (TPSA) is 32.8 Å². The minimum Gasteiger partial charge on any atom is -0.496 e. The molecule has 0 spiro atoms. The van der Waals surface area contributed by atoms with Gasteiger partial charge in [-0.15, -0.1) is 0 Å². The van der Waals surface area contributed by atoms with Gasteiger partial charge in [0.05, 0.1) is 12.7 Å². The number of anilines is 1. The monoisotopic (exact) mass is 414 g/mol. The Morgan fingerprint density at radius 2 is 1.58 bits per heavy atom. The number of hydrogen-bond acceptors (Lipinski definition) is 4. The molecular formula is C27H30N2O2. The summed E-state index contributed by atoms with van der Waals surface area (Å²) in [4.78, 5) is 17.3. The predicted molar refractivity (Wildman–Crippen MR) is 130 cm³/mol. The van der Waals surface area contributed by atoms with Gasteiger partial charge in [-0.1, -0.05) is 54.6 Å². The molecule has 0 saturated heterocycles. The van der Waals surface area contributed by atoms with E-state index in [9.17, 15) is 4.79 Å². The molecule has 3 aromatic carbocycles. The van der Waals surface area contributed by atoms with Gasteiger partial charge >= 0.3 is 0 Å². The Hall–Kier alpha value is -3.37. The van der Waals surface area contributed by atoms with E-state index >= 15 is 0 Å². The number of methoxy groups -OCH3 is 1. The van der Waals surface area contributed by atoms with Gasteiger partial charge in [0.25, 0.3) is 0 Å². The van der Waals surface area contributed by atoms with E-state index in [-0.39, 0.29) is 5.78 Å². The van der Waals surface area contributed by atoms with Gasteiger partial charge in [-0.25, -0.2) is 0 Å². The number of carbonyl (C=O) groups excluding carboxylic acids is 1. The highest BCUT2D eigenvalue weighted by atomic mass is 16.5. The van der Waals surface area contributed by atoms with Gasteiger partial charge in [0.1, 0.15) is 5.75 Å². The third kappa shape index (κ3) is 6.06. The van der Waals surface area contributed by atoms with E-state index in [1.807, 2.05) is 66.7 Å². The third-order valence-electron chi connectivity index (χ3n) is 5.22. The number of ether oxygens (including phenoxy) is 1. The molecule has 3 rings (SSSR count). The second kappa shape index (κ2) is 10.6.